The first kappa shape index (κ1) is 13.1. The van der Waals surface area contributed by atoms with Crippen LogP contribution in [-0.4, -0.2) is 10.1 Å². The fourth-order valence-corrected chi connectivity index (χ4v) is 3.57. The third kappa shape index (κ3) is 3.15. The lowest BCUT2D eigenvalue weighted by Gasteiger charge is -1.91. The van der Waals surface area contributed by atoms with Crippen molar-refractivity contribution in [1.82, 2.24) is 4.98 Å². The van der Waals surface area contributed by atoms with Gasteiger partial charge in [-0.1, -0.05) is 48.5 Å². The van der Waals surface area contributed by atoms with Gasteiger partial charge in [-0.3, -0.25) is 4.79 Å². The molecule has 0 atom stereocenters. The molecule has 0 amide bonds. The van der Waals surface area contributed by atoms with Crippen molar-refractivity contribution in [2.45, 2.75) is 4.34 Å². The van der Waals surface area contributed by atoms with E-state index < -0.39 is 0 Å². The smallest absolute Gasteiger partial charge is 0.219 e. The molecule has 0 bridgehead atoms. The normalized spacial score (nSPS) is 11.2. The Kier molecular flexibility index (Phi) is 3.95. The van der Waals surface area contributed by atoms with Gasteiger partial charge in [-0.15, -0.1) is 11.3 Å². The Hall–Kier alpha value is -1.91. The predicted octanol–water partition coefficient (Wildman–Crippen LogP) is 4.63. The number of hydrogen-bond acceptors (Lipinski definition) is 4. The van der Waals surface area contributed by atoms with Crippen LogP contribution in [0.5, 0.6) is 0 Å². The van der Waals surface area contributed by atoms with E-state index in [0.29, 0.717) is 0 Å². The molecule has 0 aliphatic rings. The fraction of sp³-hybridized carbons (Fsp3) is 0. The first-order valence-electron chi connectivity index (χ1n) is 6.12. The lowest BCUT2D eigenvalue weighted by Crippen LogP contribution is -1.83. The third-order valence-electron chi connectivity index (χ3n) is 2.67. The Morgan fingerprint density at radius 1 is 1.05 bits per heavy atom. The highest BCUT2D eigenvalue weighted by atomic mass is 32.2. The van der Waals surface area contributed by atoms with Gasteiger partial charge in [0.25, 0.3) is 0 Å². The maximum atomic E-state index is 11.9. The fourth-order valence-electron chi connectivity index (χ4n) is 1.74. The number of rotatable bonds is 3. The molecule has 0 aliphatic carbocycles. The van der Waals surface area contributed by atoms with E-state index in [2.05, 4.69) is 4.98 Å². The van der Waals surface area contributed by atoms with Crippen molar-refractivity contribution in [3.63, 3.8) is 0 Å². The molecule has 1 heterocycles. The van der Waals surface area contributed by atoms with Crippen LogP contribution >= 0.6 is 23.1 Å². The maximum Gasteiger partial charge on any atom is 0.219 e. The van der Waals surface area contributed by atoms with Gasteiger partial charge in [-0.2, -0.15) is 0 Å². The van der Waals surface area contributed by atoms with Gasteiger partial charge in [0.05, 0.1) is 10.2 Å². The van der Waals surface area contributed by atoms with Gasteiger partial charge in [-0.05, 0) is 35.5 Å². The molecule has 0 unspecified atom stereocenters. The summed E-state index contributed by atoms with van der Waals surface area (Å²) in [4.78, 5) is 16.3. The second-order valence-electron chi connectivity index (χ2n) is 4.11. The molecule has 20 heavy (non-hydrogen) atoms. The van der Waals surface area contributed by atoms with Crippen molar-refractivity contribution < 1.29 is 4.79 Å². The molecule has 0 aliphatic heterocycles. The van der Waals surface area contributed by atoms with Gasteiger partial charge in [0.15, 0.2) is 4.34 Å². The van der Waals surface area contributed by atoms with E-state index in [9.17, 15) is 4.79 Å². The average Bonchev–Trinajstić information content (AvgIpc) is 2.88. The Morgan fingerprint density at radius 2 is 1.80 bits per heavy atom. The number of hydrogen-bond donors (Lipinski definition) is 0. The molecule has 3 aromatic rings. The zero-order valence-corrected chi connectivity index (χ0v) is 12.2. The minimum absolute atomic E-state index is 0.00657. The van der Waals surface area contributed by atoms with Crippen molar-refractivity contribution in [3.8, 4) is 0 Å². The van der Waals surface area contributed by atoms with Crippen molar-refractivity contribution in [1.29, 1.82) is 0 Å². The summed E-state index contributed by atoms with van der Waals surface area (Å²) in [5.41, 5.74) is 1.96. The van der Waals surface area contributed by atoms with Gasteiger partial charge in [0, 0.05) is 0 Å². The van der Waals surface area contributed by atoms with Crippen LogP contribution in [0.15, 0.2) is 65.0 Å². The Bertz CT molecular complexity index is 729. The van der Waals surface area contributed by atoms with Crippen LogP contribution in [0, 0.1) is 0 Å². The van der Waals surface area contributed by atoms with Crippen LogP contribution in [-0.2, 0) is 4.79 Å². The number of thioether (sulfide) groups is 1. The number of carbonyl (C=O) groups excluding carboxylic acids is 1. The highest BCUT2D eigenvalue weighted by Gasteiger charge is 2.07. The van der Waals surface area contributed by atoms with E-state index in [1.165, 1.54) is 11.8 Å². The van der Waals surface area contributed by atoms with Crippen LogP contribution in [0.25, 0.3) is 16.3 Å². The van der Waals surface area contributed by atoms with E-state index in [0.717, 1.165) is 20.1 Å². The molecule has 0 spiro atoms. The molecular weight excluding hydrogens is 286 g/mol. The van der Waals surface area contributed by atoms with Crippen LogP contribution < -0.4 is 0 Å². The van der Waals surface area contributed by atoms with Crippen molar-refractivity contribution in [2.75, 3.05) is 0 Å². The van der Waals surface area contributed by atoms with E-state index in [1.807, 2.05) is 60.7 Å². The summed E-state index contributed by atoms with van der Waals surface area (Å²) in [6, 6.07) is 17.7. The first-order chi connectivity index (χ1) is 9.81. The number of fused-ring (bicyclic) bond motifs is 1. The zero-order chi connectivity index (χ0) is 13.8. The molecule has 0 N–H and O–H groups in total. The SMILES string of the molecule is O=C(C=Cc1ccccc1)Sc1nc2ccccc2s1. The minimum atomic E-state index is -0.00657. The lowest BCUT2D eigenvalue weighted by atomic mass is 10.2. The molecule has 4 heteroatoms. The quantitative estimate of drug-likeness (QED) is 0.521. The van der Waals surface area contributed by atoms with Crippen molar-refractivity contribution in [2.24, 2.45) is 0 Å². The maximum absolute atomic E-state index is 11.9. The van der Waals surface area contributed by atoms with Gasteiger partial charge in [0.1, 0.15) is 0 Å². The third-order valence-corrected chi connectivity index (χ3v) is 4.61. The summed E-state index contributed by atoms with van der Waals surface area (Å²) >= 11 is 2.71. The van der Waals surface area contributed by atoms with E-state index in [1.54, 1.807) is 17.4 Å². The number of nitrogens with zero attached hydrogens (tertiary/aromatic N) is 1. The van der Waals surface area contributed by atoms with E-state index in [4.69, 9.17) is 0 Å². The Labute approximate surface area is 125 Å². The summed E-state index contributed by atoms with van der Waals surface area (Å²) in [5, 5.41) is -0.00657. The monoisotopic (exact) mass is 297 g/mol. The average molecular weight is 297 g/mol. The first-order valence-corrected chi connectivity index (χ1v) is 7.75. The topological polar surface area (TPSA) is 30.0 Å². The van der Waals surface area contributed by atoms with Gasteiger partial charge in [0.2, 0.25) is 5.12 Å². The largest absolute Gasteiger partial charge is 0.282 e. The Balaban J connectivity index is 1.71. The standard InChI is InChI=1S/C16H11NOS2/c18-15(11-10-12-6-2-1-3-7-12)20-16-17-13-8-4-5-9-14(13)19-16/h1-11H. The van der Waals surface area contributed by atoms with Crippen molar-refractivity contribution in [3.05, 3.63) is 66.2 Å². The van der Waals surface area contributed by atoms with Crippen LogP contribution in [0.2, 0.25) is 0 Å². The van der Waals surface area contributed by atoms with Crippen LogP contribution in [0.3, 0.4) is 0 Å². The van der Waals surface area contributed by atoms with Crippen LogP contribution in [0.1, 0.15) is 5.56 Å². The highest BCUT2D eigenvalue weighted by molar-refractivity contribution is 8.15. The molecule has 98 valence electrons. The van der Waals surface area contributed by atoms with Crippen LogP contribution in [0.4, 0.5) is 0 Å². The predicted molar refractivity (Wildman–Crippen MR) is 86.0 cm³/mol. The summed E-state index contributed by atoms with van der Waals surface area (Å²) < 4.78 is 1.89. The molecule has 2 nitrogen and oxygen atoms in total. The van der Waals surface area contributed by atoms with Gasteiger partial charge in [-0.25, -0.2) is 4.98 Å². The summed E-state index contributed by atoms with van der Waals surface area (Å²) in [7, 11) is 0. The molecule has 0 fully saturated rings. The number of carbonyl (C=O) groups is 1. The number of para-hydroxylation sites is 1. The van der Waals surface area contributed by atoms with Gasteiger partial charge < -0.3 is 0 Å². The van der Waals surface area contributed by atoms with E-state index >= 15 is 0 Å². The molecule has 1 aromatic heterocycles. The second-order valence-corrected chi connectivity index (χ2v) is 6.39. The Morgan fingerprint density at radius 3 is 2.60 bits per heavy atom. The molecule has 0 radical (unpaired) electrons. The second kappa shape index (κ2) is 6.03. The van der Waals surface area contributed by atoms with E-state index in [-0.39, 0.29) is 5.12 Å². The molecule has 0 saturated carbocycles. The number of aromatic nitrogens is 1. The summed E-state index contributed by atoms with van der Waals surface area (Å²) in [5.74, 6) is 0. The van der Waals surface area contributed by atoms with Gasteiger partial charge >= 0.3 is 0 Å². The molecule has 3 rings (SSSR count). The molecule has 0 saturated heterocycles. The van der Waals surface area contributed by atoms with Crippen molar-refractivity contribution >= 4 is 44.5 Å². The number of thiazole rings is 1. The minimum Gasteiger partial charge on any atom is -0.282 e. The summed E-state index contributed by atoms with van der Waals surface area (Å²) in [6.07, 6.45) is 3.41. The number of benzene rings is 2. The highest BCUT2D eigenvalue weighted by Crippen LogP contribution is 2.29. The molecule has 2 aromatic carbocycles. The zero-order valence-electron chi connectivity index (χ0n) is 10.5. The molecular formula is C16H11NOS2. The summed E-state index contributed by atoms with van der Waals surface area (Å²) in [6.45, 7) is 0. The lowest BCUT2D eigenvalue weighted by molar-refractivity contribution is -0.106.